The van der Waals surface area contributed by atoms with Gasteiger partial charge in [-0.05, 0) is 49.2 Å². The Morgan fingerprint density at radius 3 is 2.18 bits per heavy atom. The Morgan fingerprint density at radius 1 is 0.784 bits per heavy atom. The van der Waals surface area contributed by atoms with Crippen LogP contribution in [0.5, 0.6) is 17.2 Å². The first-order valence-electron chi connectivity index (χ1n) is 16.2. The SMILES string of the molecule is COc1cc(C(=O)OC2C(C)OC(OCC3OC(OCCc4ccc(O)cc4)C(O)C(O)C3O)C(O)C2OC2OCC(O)C(O)C2O)ccc1O. The van der Waals surface area contributed by atoms with Gasteiger partial charge in [-0.2, -0.15) is 0 Å². The standard InChI is InChI=1S/C33H44O18/c1-14-28(50-30(43)16-5-8-18(35)20(11-16)44-2)29(51-32-25(40)22(37)19(36)12-46-32)27(42)33(48-14)47-13-21-23(38)24(39)26(41)31(49-21)45-10-9-15-3-6-17(34)7-4-15/h3-8,11,14,19,21-29,31-42H,9-10,12-13H2,1-2H3. The van der Waals surface area contributed by atoms with E-state index >= 15 is 0 Å². The van der Waals surface area contributed by atoms with Gasteiger partial charge in [0.1, 0.15) is 60.7 Å². The van der Waals surface area contributed by atoms with Gasteiger partial charge in [-0.3, -0.25) is 0 Å². The number of aliphatic hydroxyl groups excluding tert-OH is 7. The van der Waals surface area contributed by atoms with Crippen molar-refractivity contribution in [3.05, 3.63) is 53.6 Å². The van der Waals surface area contributed by atoms with Crippen LogP contribution in [0.3, 0.4) is 0 Å². The van der Waals surface area contributed by atoms with Crippen LogP contribution < -0.4 is 4.74 Å². The first-order valence-corrected chi connectivity index (χ1v) is 16.2. The summed E-state index contributed by atoms with van der Waals surface area (Å²) in [6.07, 6.45) is -21.1. The van der Waals surface area contributed by atoms with E-state index in [4.69, 9.17) is 37.9 Å². The van der Waals surface area contributed by atoms with Crippen LogP contribution in [0.1, 0.15) is 22.8 Å². The van der Waals surface area contributed by atoms with Gasteiger partial charge in [-0.1, -0.05) is 12.1 Å². The zero-order chi connectivity index (χ0) is 37.0. The Hall–Kier alpha value is -3.21. The molecule has 18 heteroatoms. The molecule has 0 aromatic heterocycles. The van der Waals surface area contributed by atoms with E-state index in [0.717, 1.165) is 5.56 Å². The Kier molecular flexibility index (Phi) is 13.1. The summed E-state index contributed by atoms with van der Waals surface area (Å²) in [4.78, 5) is 13.2. The first-order chi connectivity index (χ1) is 24.3. The van der Waals surface area contributed by atoms with E-state index in [1.807, 2.05) is 0 Å². The normalized spacial score (nSPS) is 37.1. The molecular weight excluding hydrogens is 684 g/mol. The van der Waals surface area contributed by atoms with E-state index in [-0.39, 0.29) is 29.4 Å². The number of aliphatic hydroxyl groups is 7. The number of rotatable bonds is 12. The van der Waals surface area contributed by atoms with Crippen molar-refractivity contribution in [1.29, 1.82) is 0 Å². The molecule has 2 aromatic rings. The zero-order valence-corrected chi connectivity index (χ0v) is 27.7. The molecule has 0 aliphatic carbocycles. The summed E-state index contributed by atoms with van der Waals surface area (Å²) < 4.78 is 44.9. The number of phenols is 2. The number of hydrogen-bond donors (Lipinski definition) is 9. The fourth-order valence-corrected chi connectivity index (χ4v) is 5.83. The second-order valence-corrected chi connectivity index (χ2v) is 12.4. The van der Waals surface area contributed by atoms with Crippen molar-refractivity contribution in [1.82, 2.24) is 0 Å². The van der Waals surface area contributed by atoms with Crippen LogP contribution in [0.15, 0.2) is 42.5 Å². The number of methoxy groups -OCH3 is 1. The highest BCUT2D eigenvalue weighted by Gasteiger charge is 2.51. The third-order valence-electron chi connectivity index (χ3n) is 8.86. The fourth-order valence-electron chi connectivity index (χ4n) is 5.83. The van der Waals surface area contributed by atoms with Gasteiger partial charge in [0.15, 0.2) is 36.5 Å². The Balaban J connectivity index is 1.27. The molecule has 3 fully saturated rings. The lowest BCUT2D eigenvalue weighted by Gasteiger charge is -2.46. The molecule has 5 rings (SSSR count). The van der Waals surface area contributed by atoms with Gasteiger partial charge in [0.05, 0.1) is 38.6 Å². The molecule has 18 nitrogen and oxygen atoms in total. The Morgan fingerprint density at radius 2 is 1.47 bits per heavy atom. The Bertz CT molecular complexity index is 1430. The second kappa shape index (κ2) is 17.1. The predicted molar refractivity (Wildman–Crippen MR) is 167 cm³/mol. The molecule has 3 heterocycles. The first kappa shape index (κ1) is 39.0. The monoisotopic (exact) mass is 728 g/mol. The van der Waals surface area contributed by atoms with Gasteiger partial charge < -0.3 is 83.9 Å². The summed E-state index contributed by atoms with van der Waals surface area (Å²) in [6.45, 7) is 0.560. The number of hydrogen-bond acceptors (Lipinski definition) is 18. The summed E-state index contributed by atoms with van der Waals surface area (Å²) in [6, 6.07) is 10.1. The maximum Gasteiger partial charge on any atom is 0.338 e. The highest BCUT2D eigenvalue weighted by molar-refractivity contribution is 5.90. The van der Waals surface area contributed by atoms with E-state index in [0.29, 0.717) is 6.42 Å². The molecule has 3 aliphatic heterocycles. The lowest BCUT2D eigenvalue weighted by molar-refractivity contribution is -0.353. The number of aromatic hydroxyl groups is 2. The summed E-state index contributed by atoms with van der Waals surface area (Å²) in [5.41, 5.74) is 0.775. The molecule has 3 saturated heterocycles. The van der Waals surface area contributed by atoms with Gasteiger partial charge >= 0.3 is 5.97 Å². The third-order valence-corrected chi connectivity index (χ3v) is 8.86. The molecule has 14 unspecified atom stereocenters. The number of esters is 1. The third kappa shape index (κ3) is 9.06. The number of benzene rings is 2. The number of carbonyl (C=O) groups excluding carboxylic acids is 1. The van der Waals surface area contributed by atoms with Crippen molar-refractivity contribution in [3.8, 4) is 17.2 Å². The molecule has 2 aromatic carbocycles. The molecule has 3 aliphatic rings. The number of carbonyl (C=O) groups is 1. The van der Waals surface area contributed by atoms with Gasteiger partial charge in [0.2, 0.25) is 0 Å². The topological polar surface area (TPSA) is 273 Å². The fraction of sp³-hybridized carbons (Fsp3) is 0.606. The number of phenolic OH excluding ortho intramolecular Hbond substituents is 2. The number of ether oxygens (including phenoxy) is 8. The molecule has 0 radical (unpaired) electrons. The van der Waals surface area contributed by atoms with Crippen LogP contribution in [-0.4, -0.2) is 165 Å². The van der Waals surface area contributed by atoms with Crippen molar-refractivity contribution in [2.45, 2.75) is 99.4 Å². The van der Waals surface area contributed by atoms with Crippen LogP contribution in [0.2, 0.25) is 0 Å². The minimum atomic E-state index is -1.79. The highest BCUT2D eigenvalue weighted by Crippen LogP contribution is 2.33. The molecule has 0 saturated carbocycles. The van der Waals surface area contributed by atoms with Gasteiger partial charge in [0, 0.05) is 0 Å². The summed E-state index contributed by atoms with van der Waals surface area (Å²) >= 11 is 0. The molecule has 0 bridgehead atoms. The van der Waals surface area contributed by atoms with E-state index < -0.39 is 105 Å². The smallest absolute Gasteiger partial charge is 0.338 e. The van der Waals surface area contributed by atoms with E-state index in [9.17, 15) is 50.8 Å². The van der Waals surface area contributed by atoms with Crippen LogP contribution in [0, 0.1) is 0 Å². The van der Waals surface area contributed by atoms with Crippen molar-refractivity contribution in [2.24, 2.45) is 0 Å². The maximum atomic E-state index is 13.2. The largest absolute Gasteiger partial charge is 0.508 e. The molecule has 51 heavy (non-hydrogen) atoms. The molecule has 0 spiro atoms. The highest BCUT2D eigenvalue weighted by atomic mass is 16.7. The van der Waals surface area contributed by atoms with E-state index in [1.54, 1.807) is 12.1 Å². The van der Waals surface area contributed by atoms with Crippen molar-refractivity contribution < 1.29 is 88.6 Å². The minimum Gasteiger partial charge on any atom is -0.508 e. The van der Waals surface area contributed by atoms with E-state index in [2.05, 4.69) is 0 Å². The molecule has 0 amide bonds. The summed E-state index contributed by atoms with van der Waals surface area (Å²) in [5, 5.41) is 93.1. The zero-order valence-electron chi connectivity index (χ0n) is 27.7. The van der Waals surface area contributed by atoms with Crippen molar-refractivity contribution in [2.75, 3.05) is 26.9 Å². The average molecular weight is 729 g/mol. The molecule has 14 atom stereocenters. The maximum absolute atomic E-state index is 13.2. The van der Waals surface area contributed by atoms with Crippen LogP contribution >= 0.6 is 0 Å². The van der Waals surface area contributed by atoms with Crippen LogP contribution in [-0.2, 0) is 39.6 Å². The lowest BCUT2D eigenvalue weighted by Crippen LogP contribution is -2.64. The predicted octanol–water partition coefficient (Wildman–Crippen LogP) is -2.35. The molecule has 9 N–H and O–H groups in total. The lowest BCUT2D eigenvalue weighted by atomic mass is 9.97. The quantitative estimate of drug-likeness (QED) is 0.103. The van der Waals surface area contributed by atoms with Gasteiger partial charge in [-0.15, -0.1) is 0 Å². The van der Waals surface area contributed by atoms with Gasteiger partial charge in [-0.25, -0.2) is 4.79 Å². The van der Waals surface area contributed by atoms with Crippen molar-refractivity contribution >= 4 is 5.97 Å². The Labute approximate surface area is 291 Å². The summed E-state index contributed by atoms with van der Waals surface area (Å²) in [5.74, 6) is -1.09. The summed E-state index contributed by atoms with van der Waals surface area (Å²) in [7, 11) is 1.29. The van der Waals surface area contributed by atoms with Crippen LogP contribution in [0.25, 0.3) is 0 Å². The van der Waals surface area contributed by atoms with Gasteiger partial charge in [0.25, 0.3) is 0 Å². The van der Waals surface area contributed by atoms with Crippen molar-refractivity contribution in [3.63, 3.8) is 0 Å². The van der Waals surface area contributed by atoms with Crippen LogP contribution in [0.4, 0.5) is 0 Å². The molecule has 284 valence electrons. The average Bonchev–Trinajstić information content (AvgIpc) is 3.11. The molecular formula is C33H44O18. The van der Waals surface area contributed by atoms with E-state index in [1.165, 1.54) is 44.4 Å². The second-order valence-electron chi connectivity index (χ2n) is 12.4. The minimum absolute atomic E-state index is 0.0142.